The van der Waals surface area contributed by atoms with Gasteiger partial charge in [-0.2, -0.15) is 0 Å². The Kier molecular flexibility index (Phi) is 5.31. The molecule has 3 aromatic carbocycles. The fourth-order valence-corrected chi connectivity index (χ4v) is 6.86. The SMILES string of the molecule is Cc1c(-c2ccc3c(c2)CCC(F)(F)C3)sc2c(-c3cc(C(C)(C)C)c4ccccc4c3)nccc12. The highest BCUT2D eigenvalue weighted by Crippen LogP contribution is 2.44. The first-order valence-electron chi connectivity index (χ1n) is 12.5. The summed E-state index contributed by atoms with van der Waals surface area (Å²) in [4.78, 5) is 6.06. The molecule has 0 unspecified atom stereocenters. The molecule has 0 fully saturated rings. The smallest absolute Gasteiger partial charge is 0.252 e. The van der Waals surface area contributed by atoms with Crippen molar-refractivity contribution in [3.05, 3.63) is 89.1 Å². The van der Waals surface area contributed by atoms with Crippen LogP contribution in [0, 0.1) is 6.92 Å². The van der Waals surface area contributed by atoms with Crippen LogP contribution in [0.2, 0.25) is 0 Å². The lowest BCUT2D eigenvalue weighted by atomic mass is 9.82. The van der Waals surface area contributed by atoms with Gasteiger partial charge >= 0.3 is 0 Å². The fraction of sp³-hybridized carbons (Fsp3) is 0.281. The van der Waals surface area contributed by atoms with Gasteiger partial charge in [-0.25, -0.2) is 8.78 Å². The first-order chi connectivity index (χ1) is 17.1. The largest absolute Gasteiger partial charge is 0.255 e. The molecule has 0 radical (unpaired) electrons. The third-order valence-corrected chi connectivity index (χ3v) is 8.84. The van der Waals surface area contributed by atoms with Crippen molar-refractivity contribution in [1.82, 2.24) is 4.98 Å². The molecule has 0 bridgehead atoms. The van der Waals surface area contributed by atoms with E-state index >= 15 is 0 Å². The summed E-state index contributed by atoms with van der Waals surface area (Å²) in [5, 5.41) is 3.71. The Balaban J connectivity index is 1.52. The maximum atomic E-state index is 13.9. The molecule has 5 aromatic rings. The molecular weight excluding hydrogens is 468 g/mol. The first-order valence-corrected chi connectivity index (χ1v) is 13.3. The number of alkyl halides is 2. The lowest BCUT2D eigenvalue weighted by Crippen LogP contribution is -2.25. The minimum absolute atomic E-state index is 0.0000271. The topological polar surface area (TPSA) is 12.9 Å². The van der Waals surface area contributed by atoms with E-state index < -0.39 is 5.92 Å². The third kappa shape index (κ3) is 3.92. The second kappa shape index (κ2) is 8.21. The van der Waals surface area contributed by atoms with Gasteiger partial charge in [0.2, 0.25) is 0 Å². The predicted octanol–water partition coefficient (Wildman–Crippen LogP) is 9.51. The maximum Gasteiger partial charge on any atom is 0.252 e. The van der Waals surface area contributed by atoms with E-state index in [0.717, 1.165) is 27.9 Å². The van der Waals surface area contributed by atoms with Crippen LogP contribution in [0.25, 0.3) is 42.6 Å². The van der Waals surface area contributed by atoms with E-state index in [1.165, 1.54) is 36.9 Å². The number of nitrogens with zero attached hydrogens (tertiary/aromatic N) is 1. The van der Waals surface area contributed by atoms with Crippen molar-refractivity contribution >= 4 is 32.2 Å². The van der Waals surface area contributed by atoms with E-state index in [9.17, 15) is 8.78 Å². The fourth-order valence-electron chi connectivity index (χ4n) is 5.55. The zero-order valence-electron chi connectivity index (χ0n) is 21.1. The number of thiophene rings is 1. The number of hydrogen-bond acceptors (Lipinski definition) is 2. The molecule has 36 heavy (non-hydrogen) atoms. The minimum Gasteiger partial charge on any atom is -0.255 e. The summed E-state index contributed by atoms with van der Waals surface area (Å²) in [5.74, 6) is -2.59. The molecule has 2 heterocycles. The van der Waals surface area contributed by atoms with Crippen LogP contribution in [-0.2, 0) is 18.3 Å². The summed E-state index contributed by atoms with van der Waals surface area (Å²) in [6.45, 7) is 8.93. The molecule has 1 aliphatic carbocycles. The van der Waals surface area contributed by atoms with E-state index in [1.807, 2.05) is 18.3 Å². The van der Waals surface area contributed by atoms with E-state index in [-0.39, 0.29) is 18.3 Å². The molecule has 2 aromatic heterocycles. The third-order valence-electron chi connectivity index (χ3n) is 7.47. The highest BCUT2D eigenvalue weighted by atomic mass is 32.1. The minimum atomic E-state index is -2.59. The summed E-state index contributed by atoms with van der Waals surface area (Å²) in [7, 11) is 0. The monoisotopic (exact) mass is 497 g/mol. The second-order valence-corrected chi connectivity index (χ2v) is 12.1. The summed E-state index contributed by atoms with van der Waals surface area (Å²) in [6.07, 6.45) is 2.11. The summed E-state index contributed by atoms with van der Waals surface area (Å²) in [6, 6.07) is 21.3. The van der Waals surface area contributed by atoms with Gasteiger partial charge in [-0.05, 0) is 80.9 Å². The van der Waals surface area contributed by atoms with E-state index in [2.05, 4.69) is 76.2 Å². The highest BCUT2D eigenvalue weighted by molar-refractivity contribution is 7.23. The maximum absolute atomic E-state index is 13.9. The predicted molar refractivity (Wildman–Crippen MR) is 148 cm³/mol. The Morgan fingerprint density at radius 3 is 2.50 bits per heavy atom. The van der Waals surface area contributed by atoms with Gasteiger partial charge in [-0.3, -0.25) is 4.98 Å². The molecule has 0 N–H and O–H groups in total. The van der Waals surface area contributed by atoms with Gasteiger partial charge < -0.3 is 0 Å². The molecule has 0 amide bonds. The van der Waals surface area contributed by atoms with Gasteiger partial charge in [0.15, 0.2) is 0 Å². The molecule has 4 heteroatoms. The van der Waals surface area contributed by atoms with Crippen molar-refractivity contribution in [2.24, 2.45) is 0 Å². The van der Waals surface area contributed by atoms with Crippen LogP contribution in [0.5, 0.6) is 0 Å². The van der Waals surface area contributed by atoms with Crippen LogP contribution in [0.15, 0.2) is 66.9 Å². The van der Waals surface area contributed by atoms with Crippen molar-refractivity contribution < 1.29 is 8.78 Å². The highest BCUT2D eigenvalue weighted by Gasteiger charge is 2.34. The second-order valence-electron chi connectivity index (χ2n) is 11.1. The summed E-state index contributed by atoms with van der Waals surface area (Å²) >= 11 is 1.76. The number of aromatic nitrogens is 1. The molecule has 0 aliphatic heterocycles. The molecule has 182 valence electrons. The number of halogens is 2. The van der Waals surface area contributed by atoms with Crippen LogP contribution in [0.4, 0.5) is 8.78 Å². The lowest BCUT2D eigenvalue weighted by molar-refractivity contribution is -0.0122. The van der Waals surface area contributed by atoms with Gasteiger partial charge in [-0.1, -0.05) is 63.2 Å². The van der Waals surface area contributed by atoms with Crippen molar-refractivity contribution in [3.63, 3.8) is 0 Å². The van der Waals surface area contributed by atoms with Gasteiger partial charge in [0.05, 0.1) is 10.4 Å². The number of benzene rings is 3. The molecule has 0 spiro atoms. The Labute approximate surface area is 214 Å². The van der Waals surface area contributed by atoms with Gasteiger partial charge in [0.1, 0.15) is 0 Å². The summed E-state index contributed by atoms with van der Waals surface area (Å²) < 4.78 is 29.0. The van der Waals surface area contributed by atoms with Crippen LogP contribution in [0.1, 0.15) is 49.4 Å². The zero-order chi connectivity index (χ0) is 25.2. The Morgan fingerprint density at radius 2 is 1.69 bits per heavy atom. The van der Waals surface area contributed by atoms with Gasteiger partial charge in [0.25, 0.3) is 5.92 Å². The van der Waals surface area contributed by atoms with Gasteiger partial charge in [-0.15, -0.1) is 11.3 Å². The molecule has 1 aliphatic rings. The normalized spacial score (nSPS) is 15.4. The number of fused-ring (bicyclic) bond motifs is 3. The van der Waals surface area contributed by atoms with Crippen LogP contribution >= 0.6 is 11.3 Å². The molecule has 6 rings (SSSR count). The zero-order valence-corrected chi connectivity index (χ0v) is 21.9. The van der Waals surface area contributed by atoms with Crippen molar-refractivity contribution in [3.8, 4) is 21.7 Å². The van der Waals surface area contributed by atoms with Crippen LogP contribution < -0.4 is 0 Å². The quantitative estimate of drug-likeness (QED) is 0.237. The molecular formula is C32H29F2NS. The average molecular weight is 498 g/mol. The van der Waals surface area contributed by atoms with E-state index in [4.69, 9.17) is 4.98 Å². The lowest BCUT2D eigenvalue weighted by Gasteiger charge is -2.24. The summed E-state index contributed by atoms with van der Waals surface area (Å²) in [5.41, 5.74) is 7.61. The van der Waals surface area contributed by atoms with Crippen molar-refractivity contribution in [1.29, 1.82) is 0 Å². The Hall–Kier alpha value is -3.11. The van der Waals surface area contributed by atoms with E-state index in [0.29, 0.717) is 6.42 Å². The number of rotatable bonds is 2. The van der Waals surface area contributed by atoms with Crippen molar-refractivity contribution in [2.75, 3.05) is 0 Å². The number of aryl methyl sites for hydroxylation is 2. The Morgan fingerprint density at radius 1 is 0.889 bits per heavy atom. The molecule has 0 saturated heterocycles. The van der Waals surface area contributed by atoms with Crippen molar-refractivity contribution in [2.45, 2.75) is 58.3 Å². The first kappa shape index (κ1) is 23.3. The molecule has 1 nitrogen and oxygen atoms in total. The number of hydrogen-bond donors (Lipinski definition) is 0. The van der Waals surface area contributed by atoms with Crippen LogP contribution in [0.3, 0.4) is 0 Å². The van der Waals surface area contributed by atoms with E-state index in [1.54, 1.807) is 11.3 Å². The molecule has 0 atom stereocenters. The Bertz CT molecular complexity index is 1640. The number of pyridine rings is 1. The average Bonchev–Trinajstić information content (AvgIpc) is 3.18. The van der Waals surface area contributed by atoms with Gasteiger partial charge in [0, 0.05) is 29.5 Å². The molecule has 0 saturated carbocycles. The standard InChI is InChI=1S/C32H29F2NS/c1-19-25-12-14-35-28(24-16-21-7-5-6-8-26(21)27(17-24)31(2,3)4)30(25)36-29(19)22-9-10-23-18-32(33,34)13-11-20(23)15-22/h5-10,12,14-17H,11,13,18H2,1-4H3. The van der Waals surface area contributed by atoms with Crippen LogP contribution in [-0.4, -0.2) is 10.9 Å².